The molecule has 1 unspecified atom stereocenters. The van der Waals surface area contributed by atoms with Crippen molar-refractivity contribution in [1.29, 1.82) is 0 Å². The van der Waals surface area contributed by atoms with Crippen LogP contribution in [0.5, 0.6) is 0 Å². The number of fused-ring (bicyclic) bond motifs is 1. The fourth-order valence-corrected chi connectivity index (χ4v) is 2.99. The van der Waals surface area contributed by atoms with Crippen LogP contribution < -0.4 is 0 Å². The smallest absolute Gasteiger partial charge is 0.0587 e. The van der Waals surface area contributed by atoms with E-state index in [1.807, 2.05) is 0 Å². The molecule has 16 heavy (non-hydrogen) atoms. The van der Waals surface area contributed by atoms with Gasteiger partial charge < -0.3 is 0 Å². The largest absolute Gasteiger partial charge is 0.118 e. The van der Waals surface area contributed by atoms with E-state index in [1.54, 1.807) is 5.56 Å². The molecular formula is C15H21Cl. The summed E-state index contributed by atoms with van der Waals surface area (Å²) in [6.07, 6.45) is 6.26. The second kappa shape index (κ2) is 5.23. The van der Waals surface area contributed by atoms with Crippen LogP contribution in [0.4, 0.5) is 0 Å². The molecule has 0 aromatic heterocycles. The van der Waals surface area contributed by atoms with Gasteiger partial charge in [0.25, 0.3) is 0 Å². The topological polar surface area (TPSA) is 0 Å². The van der Waals surface area contributed by atoms with Crippen molar-refractivity contribution in [3.8, 4) is 0 Å². The highest BCUT2D eigenvalue weighted by molar-refractivity contribution is 6.20. The van der Waals surface area contributed by atoms with Crippen molar-refractivity contribution in [2.45, 2.75) is 51.3 Å². The lowest BCUT2D eigenvalue weighted by Crippen LogP contribution is -2.04. The first kappa shape index (κ1) is 12.0. The molecule has 0 radical (unpaired) electrons. The van der Waals surface area contributed by atoms with Gasteiger partial charge in [0.15, 0.2) is 0 Å². The third kappa shape index (κ3) is 2.79. The van der Waals surface area contributed by atoms with E-state index in [0.717, 1.165) is 6.42 Å². The summed E-state index contributed by atoms with van der Waals surface area (Å²) < 4.78 is 0. The van der Waals surface area contributed by atoms with E-state index >= 15 is 0 Å². The van der Waals surface area contributed by atoms with Crippen molar-refractivity contribution in [2.75, 3.05) is 0 Å². The number of hydrogen-bond donors (Lipinski definition) is 0. The minimum absolute atomic E-state index is 0.187. The van der Waals surface area contributed by atoms with Crippen LogP contribution in [0.15, 0.2) is 18.2 Å². The third-order valence-corrected chi connectivity index (χ3v) is 3.84. The zero-order chi connectivity index (χ0) is 11.5. The molecule has 0 heterocycles. The third-order valence-electron chi connectivity index (χ3n) is 3.41. The fraction of sp³-hybridized carbons (Fsp3) is 0.600. The summed E-state index contributed by atoms with van der Waals surface area (Å²) in [5.74, 6) is 0.665. The first-order valence-electron chi connectivity index (χ1n) is 6.42. The number of halogens is 1. The van der Waals surface area contributed by atoms with Gasteiger partial charge in [-0.05, 0) is 54.7 Å². The lowest BCUT2D eigenvalue weighted by Gasteiger charge is -2.19. The summed E-state index contributed by atoms with van der Waals surface area (Å²) in [6, 6.07) is 6.86. The molecule has 0 saturated heterocycles. The van der Waals surface area contributed by atoms with Crippen LogP contribution in [0.2, 0.25) is 0 Å². The Balaban J connectivity index is 2.16. The molecule has 0 nitrogen and oxygen atoms in total. The number of alkyl halides is 1. The van der Waals surface area contributed by atoms with Crippen LogP contribution in [-0.2, 0) is 12.8 Å². The second-order valence-electron chi connectivity index (χ2n) is 5.33. The number of aryl methyl sites for hydroxylation is 2. The van der Waals surface area contributed by atoms with Crippen molar-refractivity contribution in [1.82, 2.24) is 0 Å². The number of benzene rings is 1. The van der Waals surface area contributed by atoms with Gasteiger partial charge in [-0.25, -0.2) is 0 Å². The van der Waals surface area contributed by atoms with Gasteiger partial charge in [0.1, 0.15) is 0 Å². The number of rotatable bonds is 3. The summed E-state index contributed by atoms with van der Waals surface area (Å²) in [4.78, 5) is 0. The van der Waals surface area contributed by atoms with E-state index in [0.29, 0.717) is 5.92 Å². The average molecular weight is 237 g/mol. The highest BCUT2D eigenvalue weighted by Gasteiger charge is 2.14. The maximum absolute atomic E-state index is 6.44. The molecule has 0 N–H and O–H groups in total. The molecule has 1 heteroatoms. The number of hydrogen-bond acceptors (Lipinski definition) is 0. The Morgan fingerprint density at radius 2 is 1.81 bits per heavy atom. The predicted molar refractivity (Wildman–Crippen MR) is 71.1 cm³/mol. The molecule has 1 aliphatic rings. The van der Waals surface area contributed by atoms with E-state index < -0.39 is 0 Å². The standard InChI is InChI=1S/C15H21Cl/c1-11(2)9-15(16)14-8-7-12-5-3-4-6-13(12)10-14/h7-8,10-11,15H,3-6,9H2,1-2H3. The van der Waals surface area contributed by atoms with Gasteiger partial charge in [-0.15, -0.1) is 11.6 Å². The summed E-state index contributed by atoms with van der Waals surface area (Å²) in [5, 5.41) is 0.187. The minimum atomic E-state index is 0.187. The Labute approximate surface area is 104 Å². The van der Waals surface area contributed by atoms with Gasteiger partial charge >= 0.3 is 0 Å². The molecular weight excluding hydrogens is 216 g/mol. The summed E-state index contributed by atoms with van der Waals surface area (Å²) in [6.45, 7) is 4.46. The maximum atomic E-state index is 6.44. The lowest BCUT2D eigenvalue weighted by molar-refractivity contribution is 0.574. The molecule has 1 aliphatic carbocycles. The molecule has 88 valence electrons. The van der Waals surface area contributed by atoms with Crippen LogP contribution in [0, 0.1) is 5.92 Å². The summed E-state index contributed by atoms with van der Waals surface area (Å²) in [5.41, 5.74) is 4.40. The van der Waals surface area contributed by atoms with Gasteiger partial charge in [-0.2, -0.15) is 0 Å². The Hall–Kier alpha value is -0.490. The van der Waals surface area contributed by atoms with Crippen LogP contribution in [0.25, 0.3) is 0 Å². The first-order valence-corrected chi connectivity index (χ1v) is 6.86. The van der Waals surface area contributed by atoms with Crippen LogP contribution in [0.1, 0.15) is 55.2 Å². The molecule has 0 fully saturated rings. The second-order valence-corrected chi connectivity index (χ2v) is 5.86. The Kier molecular flexibility index (Phi) is 3.91. The quantitative estimate of drug-likeness (QED) is 0.656. The Bertz CT molecular complexity index is 354. The van der Waals surface area contributed by atoms with Crippen LogP contribution >= 0.6 is 11.6 Å². The Morgan fingerprint density at radius 1 is 1.12 bits per heavy atom. The zero-order valence-corrected chi connectivity index (χ0v) is 11.1. The van der Waals surface area contributed by atoms with E-state index in [4.69, 9.17) is 11.6 Å². The van der Waals surface area contributed by atoms with Gasteiger partial charge in [-0.1, -0.05) is 32.0 Å². The van der Waals surface area contributed by atoms with Gasteiger partial charge in [0, 0.05) is 0 Å². The highest BCUT2D eigenvalue weighted by atomic mass is 35.5. The van der Waals surface area contributed by atoms with E-state index in [1.165, 1.54) is 36.8 Å². The molecule has 0 bridgehead atoms. The summed E-state index contributed by atoms with van der Waals surface area (Å²) >= 11 is 6.44. The van der Waals surface area contributed by atoms with Crippen molar-refractivity contribution in [3.63, 3.8) is 0 Å². The SMILES string of the molecule is CC(C)CC(Cl)c1ccc2c(c1)CCCC2. The van der Waals surface area contributed by atoms with E-state index in [2.05, 4.69) is 32.0 Å². The van der Waals surface area contributed by atoms with Gasteiger partial charge in [0.2, 0.25) is 0 Å². The molecule has 0 saturated carbocycles. The van der Waals surface area contributed by atoms with E-state index in [9.17, 15) is 0 Å². The molecule has 0 aliphatic heterocycles. The van der Waals surface area contributed by atoms with E-state index in [-0.39, 0.29) is 5.38 Å². The van der Waals surface area contributed by atoms with Crippen LogP contribution in [0.3, 0.4) is 0 Å². The maximum Gasteiger partial charge on any atom is 0.0587 e. The predicted octanol–water partition coefficient (Wildman–Crippen LogP) is 4.89. The molecule has 1 aromatic carbocycles. The molecule has 2 rings (SSSR count). The minimum Gasteiger partial charge on any atom is -0.118 e. The Morgan fingerprint density at radius 3 is 2.50 bits per heavy atom. The monoisotopic (exact) mass is 236 g/mol. The molecule has 0 spiro atoms. The van der Waals surface area contributed by atoms with Crippen LogP contribution in [-0.4, -0.2) is 0 Å². The normalized spacial score (nSPS) is 17.2. The van der Waals surface area contributed by atoms with Crippen molar-refractivity contribution in [3.05, 3.63) is 34.9 Å². The zero-order valence-electron chi connectivity index (χ0n) is 10.3. The lowest BCUT2D eigenvalue weighted by atomic mass is 9.89. The fourth-order valence-electron chi connectivity index (χ4n) is 2.50. The van der Waals surface area contributed by atoms with Gasteiger partial charge in [0.05, 0.1) is 5.38 Å². The molecule has 1 aromatic rings. The molecule has 1 atom stereocenters. The van der Waals surface area contributed by atoms with Crippen molar-refractivity contribution < 1.29 is 0 Å². The van der Waals surface area contributed by atoms with Crippen molar-refractivity contribution >= 4 is 11.6 Å². The van der Waals surface area contributed by atoms with Gasteiger partial charge in [-0.3, -0.25) is 0 Å². The average Bonchev–Trinajstić information content (AvgIpc) is 2.27. The highest BCUT2D eigenvalue weighted by Crippen LogP contribution is 2.31. The summed E-state index contributed by atoms with van der Waals surface area (Å²) in [7, 11) is 0. The van der Waals surface area contributed by atoms with Crippen molar-refractivity contribution in [2.24, 2.45) is 5.92 Å². The first-order chi connectivity index (χ1) is 7.66. The molecule has 0 amide bonds.